The van der Waals surface area contributed by atoms with Crippen molar-refractivity contribution in [1.82, 2.24) is 4.90 Å². The van der Waals surface area contributed by atoms with Gasteiger partial charge in [-0.1, -0.05) is 18.2 Å². The van der Waals surface area contributed by atoms with Crippen LogP contribution in [-0.2, 0) is 0 Å². The Kier molecular flexibility index (Phi) is 4.83. The maximum atomic E-state index is 9.35. The van der Waals surface area contributed by atoms with Crippen LogP contribution in [-0.4, -0.2) is 48.8 Å². The van der Waals surface area contributed by atoms with Gasteiger partial charge in [-0.15, -0.1) is 0 Å². The minimum Gasteiger partial charge on any atom is -0.396 e. The van der Waals surface area contributed by atoms with Crippen molar-refractivity contribution in [3.63, 3.8) is 0 Å². The number of aryl methyl sites for hydroxylation is 1. The lowest BCUT2D eigenvalue weighted by atomic mass is 10.1. The highest BCUT2D eigenvalue weighted by molar-refractivity contribution is 5.54. The Hall–Kier alpha value is -1.06. The summed E-state index contributed by atoms with van der Waals surface area (Å²) in [5.74, 6) is 0. The molecule has 2 rings (SSSR count). The van der Waals surface area contributed by atoms with Gasteiger partial charge in [-0.3, -0.25) is 0 Å². The first-order valence-corrected chi connectivity index (χ1v) is 7.27. The molecule has 0 bridgehead atoms. The van der Waals surface area contributed by atoms with Gasteiger partial charge in [-0.2, -0.15) is 0 Å². The van der Waals surface area contributed by atoms with Crippen LogP contribution in [0, 0.1) is 6.92 Å². The van der Waals surface area contributed by atoms with Crippen molar-refractivity contribution < 1.29 is 5.11 Å². The lowest BCUT2D eigenvalue weighted by Crippen LogP contribution is -2.41. The van der Waals surface area contributed by atoms with E-state index < -0.39 is 0 Å². The van der Waals surface area contributed by atoms with E-state index in [0.717, 1.165) is 19.5 Å². The molecule has 0 saturated carbocycles. The zero-order chi connectivity index (χ0) is 13.8. The molecule has 0 amide bonds. The SMILES string of the molecule is Cc1ccccc1N1CCC(C)N(C)CC1CCO. The van der Waals surface area contributed by atoms with Crippen LogP contribution in [0.4, 0.5) is 5.69 Å². The molecule has 1 heterocycles. The van der Waals surface area contributed by atoms with E-state index in [4.69, 9.17) is 0 Å². The average Bonchev–Trinajstić information content (AvgIpc) is 2.52. The second kappa shape index (κ2) is 6.40. The third-order valence-corrected chi connectivity index (χ3v) is 4.37. The van der Waals surface area contributed by atoms with Gasteiger partial charge in [0.25, 0.3) is 0 Å². The van der Waals surface area contributed by atoms with E-state index in [1.165, 1.54) is 17.7 Å². The molecule has 1 aliphatic rings. The summed E-state index contributed by atoms with van der Waals surface area (Å²) >= 11 is 0. The highest BCUT2D eigenvalue weighted by Gasteiger charge is 2.27. The van der Waals surface area contributed by atoms with Gasteiger partial charge in [0.1, 0.15) is 0 Å². The number of likely N-dealkylation sites (N-methyl/N-ethyl adjacent to an activating group) is 1. The van der Waals surface area contributed by atoms with Crippen molar-refractivity contribution in [3.05, 3.63) is 29.8 Å². The summed E-state index contributed by atoms with van der Waals surface area (Å²) < 4.78 is 0. The highest BCUT2D eigenvalue weighted by atomic mass is 16.3. The van der Waals surface area contributed by atoms with Crippen LogP contribution in [0.1, 0.15) is 25.3 Å². The van der Waals surface area contributed by atoms with Crippen molar-refractivity contribution in [2.45, 2.75) is 38.8 Å². The molecule has 1 aliphatic heterocycles. The minimum absolute atomic E-state index is 0.259. The maximum absolute atomic E-state index is 9.35. The summed E-state index contributed by atoms with van der Waals surface area (Å²) in [6.07, 6.45) is 2.01. The molecule has 0 aliphatic carbocycles. The van der Waals surface area contributed by atoms with E-state index in [-0.39, 0.29) is 6.61 Å². The molecule has 19 heavy (non-hydrogen) atoms. The van der Waals surface area contributed by atoms with Gasteiger partial charge in [0.2, 0.25) is 0 Å². The Balaban J connectivity index is 2.27. The predicted octanol–water partition coefficient (Wildman–Crippen LogP) is 2.28. The standard InChI is InChI=1S/C16H26N2O/c1-13-6-4-5-7-16(13)18-10-8-14(2)17(3)12-15(18)9-11-19/h4-7,14-15,19H,8-12H2,1-3H3. The molecule has 106 valence electrons. The number of aliphatic hydroxyl groups is 1. The number of benzene rings is 1. The van der Waals surface area contributed by atoms with Gasteiger partial charge in [0.05, 0.1) is 0 Å². The quantitative estimate of drug-likeness (QED) is 0.905. The summed E-state index contributed by atoms with van der Waals surface area (Å²) in [6.45, 7) is 6.81. The van der Waals surface area contributed by atoms with Crippen LogP contribution in [0.15, 0.2) is 24.3 Å². The predicted molar refractivity (Wildman–Crippen MR) is 80.7 cm³/mol. The molecule has 1 aromatic carbocycles. The Bertz CT molecular complexity index is 407. The van der Waals surface area contributed by atoms with Gasteiger partial charge in [0.15, 0.2) is 0 Å². The molecule has 0 radical (unpaired) electrons. The van der Waals surface area contributed by atoms with E-state index in [1.807, 2.05) is 0 Å². The van der Waals surface area contributed by atoms with Gasteiger partial charge < -0.3 is 14.9 Å². The zero-order valence-electron chi connectivity index (χ0n) is 12.3. The fraction of sp³-hybridized carbons (Fsp3) is 0.625. The summed E-state index contributed by atoms with van der Waals surface area (Å²) in [4.78, 5) is 4.91. The van der Waals surface area contributed by atoms with E-state index >= 15 is 0 Å². The summed E-state index contributed by atoms with van der Waals surface area (Å²) in [5, 5.41) is 9.35. The minimum atomic E-state index is 0.259. The Morgan fingerprint density at radius 2 is 2.05 bits per heavy atom. The van der Waals surface area contributed by atoms with Crippen LogP contribution in [0.2, 0.25) is 0 Å². The molecule has 0 spiro atoms. The molecular weight excluding hydrogens is 236 g/mol. The Morgan fingerprint density at radius 1 is 1.32 bits per heavy atom. The highest BCUT2D eigenvalue weighted by Crippen LogP contribution is 2.26. The van der Waals surface area contributed by atoms with Crippen molar-refractivity contribution in [1.29, 1.82) is 0 Å². The van der Waals surface area contributed by atoms with Gasteiger partial charge in [-0.25, -0.2) is 0 Å². The molecule has 1 N–H and O–H groups in total. The van der Waals surface area contributed by atoms with Crippen LogP contribution < -0.4 is 4.90 Å². The van der Waals surface area contributed by atoms with E-state index in [2.05, 4.69) is 55.0 Å². The molecule has 3 nitrogen and oxygen atoms in total. The Morgan fingerprint density at radius 3 is 2.74 bits per heavy atom. The monoisotopic (exact) mass is 262 g/mol. The van der Waals surface area contributed by atoms with E-state index in [9.17, 15) is 5.11 Å². The fourth-order valence-electron chi connectivity index (χ4n) is 2.94. The number of para-hydroxylation sites is 1. The van der Waals surface area contributed by atoms with Crippen molar-refractivity contribution in [2.24, 2.45) is 0 Å². The van der Waals surface area contributed by atoms with Crippen LogP contribution in [0.3, 0.4) is 0 Å². The van der Waals surface area contributed by atoms with Gasteiger partial charge in [-0.05, 0) is 45.4 Å². The van der Waals surface area contributed by atoms with Crippen molar-refractivity contribution >= 4 is 5.69 Å². The first-order valence-electron chi connectivity index (χ1n) is 7.27. The molecule has 0 aromatic heterocycles. The third kappa shape index (κ3) is 3.28. The molecule has 2 atom stereocenters. The lowest BCUT2D eigenvalue weighted by Gasteiger charge is -2.33. The van der Waals surface area contributed by atoms with Crippen LogP contribution in [0.25, 0.3) is 0 Å². The van der Waals surface area contributed by atoms with E-state index in [0.29, 0.717) is 12.1 Å². The number of aliphatic hydroxyl groups excluding tert-OH is 1. The smallest absolute Gasteiger partial charge is 0.0451 e. The number of hydrogen-bond acceptors (Lipinski definition) is 3. The molecule has 1 saturated heterocycles. The summed E-state index contributed by atoms with van der Waals surface area (Å²) in [5.41, 5.74) is 2.64. The zero-order valence-corrected chi connectivity index (χ0v) is 12.3. The van der Waals surface area contributed by atoms with Gasteiger partial charge >= 0.3 is 0 Å². The molecule has 2 unspecified atom stereocenters. The first kappa shape index (κ1) is 14.4. The second-order valence-corrected chi connectivity index (χ2v) is 5.72. The van der Waals surface area contributed by atoms with Crippen molar-refractivity contribution in [2.75, 3.05) is 31.6 Å². The molecule has 3 heteroatoms. The number of rotatable bonds is 3. The average molecular weight is 262 g/mol. The maximum Gasteiger partial charge on any atom is 0.0451 e. The first-order chi connectivity index (χ1) is 9.13. The van der Waals surface area contributed by atoms with Crippen LogP contribution in [0.5, 0.6) is 0 Å². The topological polar surface area (TPSA) is 26.7 Å². The summed E-state index contributed by atoms with van der Waals surface area (Å²) in [6, 6.07) is 9.58. The number of anilines is 1. The van der Waals surface area contributed by atoms with E-state index in [1.54, 1.807) is 0 Å². The molecule has 1 aromatic rings. The van der Waals surface area contributed by atoms with Crippen LogP contribution >= 0.6 is 0 Å². The third-order valence-electron chi connectivity index (χ3n) is 4.37. The molecular formula is C16H26N2O. The Labute approximate surface area is 116 Å². The lowest BCUT2D eigenvalue weighted by molar-refractivity contribution is 0.227. The van der Waals surface area contributed by atoms with Gasteiger partial charge in [0, 0.05) is 37.5 Å². The summed E-state index contributed by atoms with van der Waals surface area (Å²) in [7, 11) is 2.19. The normalized spacial score (nSPS) is 25.4. The number of nitrogens with zero attached hydrogens (tertiary/aromatic N) is 2. The number of hydrogen-bond donors (Lipinski definition) is 1. The van der Waals surface area contributed by atoms with Crippen molar-refractivity contribution in [3.8, 4) is 0 Å². The molecule has 1 fully saturated rings. The fourth-order valence-corrected chi connectivity index (χ4v) is 2.94. The largest absolute Gasteiger partial charge is 0.396 e. The second-order valence-electron chi connectivity index (χ2n) is 5.72.